The van der Waals surface area contributed by atoms with Crippen molar-refractivity contribution in [3.8, 4) is 22.6 Å². The van der Waals surface area contributed by atoms with E-state index >= 15 is 0 Å². The summed E-state index contributed by atoms with van der Waals surface area (Å²) in [5.41, 5.74) is 2.93. The smallest absolute Gasteiger partial charge is 0.141 e. The minimum absolute atomic E-state index is 0.720. The van der Waals surface area contributed by atoms with Crippen LogP contribution in [0.4, 0.5) is 0 Å². The highest BCUT2D eigenvalue weighted by Gasteiger charge is 2.16. The van der Waals surface area contributed by atoms with Gasteiger partial charge in [0.15, 0.2) is 0 Å². The summed E-state index contributed by atoms with van der Waals surface area (Å²) in [5, 5.41) is 0.970. The molecule has 0 saturated carbocycles. The molecule has 1 aromatic heterocycles. The fraction of sp³-hybridized carbons (Fsp3) is 0.125. The molecule has 102 valence electrons. The SMILES string of the molecule is COc1cc(OC)c2c(-c3ccccc3I)coc2c1. The van der Waals surface area contributed by atoms with Crippen LogP contribution >= 0.6 is 22.6 Å². The summed E-state index contributed by atoms with van der Waals surface area (Å²) in [6.07, 6.45) is 1.77. The van der Waals surface area contributed by atoms with E-state index in [1.165, 1.54) is 3.57 Å². The second-order valence-electron chi connectivity index (χ2n) is 4.33. The first-order valence-electron chi connectivity index (χ1n) is 6.12. The number of hydrogen-bond donors (Lipinski definition) is 0. The Morgan fingerprint density at radius 1 is 1.00 bits per heavy atom. The number of rotatable bonds is 3. The second kappa shape index (κ2) is 5.36. The van der Waals surface area contributed by atoms with Gasteiger partial charge in [0, 0.05) is 21.3 Å². The standard InChI is InChI=1S/C16H13IO3/c1-18-10-7-14(19-2)16-12(9-20-15(16)8-10)11-5-3-4-6-13(11)17/h3-9H,1-2H3. The second-order valence-corrected chi connectivity index (χ2v) is 5.49. The first-order valence-corrected chi connectivity index (χ1v) is 7.20. The number of ether oxygens (including phenoxy) is 2. The Labute approximate surface area is 130 Å². The van der Waals surface area contributed by atoms with Gasteiger partial charge in [0.05, 0.1) is 25.9 Å². The molecule has 3 rings (SSSR count). The molecular weight excluding hydrogens is 367 g/mol. The molecule has 0 bridgehead atoms. The highest BCUT2D eigenvalue weighted by Crippen LogP contribution is 2.40. The van der Waals surface area contributed by atoms with Gasteiger partial charge in [0.25, 0.3) is 0 Å². The molecule has 4 heteroatoms. The van der Waals surface area contributed by atoms with Crippen LogP contribution in [0.15, 0.2) is 47.1 Å². The number of halogens is 1. The number of benzene rings is 2. The Balaban J connectivity index is 2.31. The van der Waals surface area contributed by atoms with Gasteiger partial charge in [-0.15, -0.1) is 0 Å². The van der Waals surface area contributed by atoms with Gasteiger partial charge in [0.1, 0.15) is 17.1 Å². The van der Waals surface area contributed by atoms with E-state index in [-0.39, 0.29) is 0 Å². The maximum absolute atomic E-state index is 5.68. The molecule has 2 aromatic carbocycles. The van der Waals surface area contributed by atoms with Crippen LogP contribution in [-0.4, -0.2) is 14.2 Å². The highest BCUT2D eigenvalue weighted by molar-refractivity contribution is 14.1. The van der Waals surface area contributed by atoms with E-state index in [2.05, 4.69) is 34.7 Å². The molecule has 0 N–H and O–H groups in total. The number of hydrogen-bond acceptors (Lipinski definition) is 3. The van der Waals surface area contributed by atoms with Gasteiger partial charge in [-0.25, -0.2) is 0 Å². The van der Waals surface area contributed by atoms with E-state index in [9.17, 15) is 0 Å². The van der Waals surface area contributed by atoms with Crippen molar-refractivity contribution in [2.45, 2.75) is 0 Å². The average molecular weight is 380 g/mol. The van der Waals surface area contributed by atoms with E-state index < -0.39 is 0 Å². The Kier molecular flexibility index (Phi) is 3.56. The average Bonchev–Trinajstić information content (AvgIpc) is 2.90. The van der Waals surface area contributed by atoms with Crippen LogP contribution < -0.4 is 9.47 Å². The third-order valence-corrected chi connectivity index (χ3v) is 4.17. The molecule has 0 aliphatic heterocycles. The van der Waals surface area contributed by atoms with Crippen molar-refractivity contribution < 1.29 is 13.9 Å². The lowest BCUT2D eigenvalue weighted by Gasteiger charge is -2.07. The number of fused-ring (bicyclic) bond motifs is 1. The zero-order valence-electron chi connectivity index (χ0n) is 11.1. The normalized spacial score (nSPS) is 10.8. The number of methoxy groups -OCH3 is 2. The van der Waals surface area contributed by atoms with Crippen molar-refractivity contribution in [3.63, 3.8) is 0 Å². The maximum atomic E-state index is 5.68. The summed E-state index contributed by atoms with van der Waals surface area (Å²) in [6, 6.07) is 11.9. The molecule has 0 unspecified atom stereocenters. The molecule has 0 aliphatic rings. The highest BCUT2D eigenvalue weighted by atomic mass is 127. The zero-order chi connectivity index (χ0) is 14.1. The summed E-state index contributed by atoms with van der Waals surface area (Å²) < 4.78 is 17.6. The van der Waals surface area contributed by atoms with E-state index in [0.29, 0.717) is 0 Å². The fourth-order valence-corrected chi connectivity index (χ4v) is 2.94. The third-order valence-electron chi connectivity index (χ3n) is 3.23. The van der Waals surface area contributed by atoms with Gasteiger partial charge in [-0.1, -0.05) is 18.2 Å². The summed E-state index contributed by atoms with van der Waals surface area (Å²) >= 11 is 2.32. The Bertz CT molecular complexity index is 762. The van der Waals surface area contributed by atoms with E-state index in [1.807, 2.05) is 24.3 Å². The minimum Gasteiger partial charge on any atom is -0.496 e. The monoisotopic (exact) mass is 380 g/mol. The minimum atomic E-state index is 0.720. The van der Waals surface area contributed by atoms with E-state index in [1.54, 1.807) is 20.5 Å². The summed E-state index contributed by atoms with van der Waals surface area (Å²) in [7, 11) is 3.28. The van der Waals surface area contributed by atoms with Gasteiger partial charge in [-0.3, -0.25) is 0 Å². The van der Waals surface area contributed by atoms with Crippen LogP contribution in [0.5, 0.6) is 11.5 Å². The quantitative estimate of drug-likeness (QED) is 0.617. The van der Waals surface area contributed by atoms with Gasteiger partial charge in [0.2, 0.25) is 0 Å². The van der Waals surface area contributed by atoms with Crippen molar-refractivity contribution in [3.05, 3.63) is 46.2 Å². The van der Waals surface area contributed by atoms with Crippen LogP contribution in [-0.2, 0) is 0 Å². The summed E-state index contributed by atoms with van der Waals surface area (Å²) in [6.45, 7) is 0. The van der Waals surface area contributed by atoms with Crippen molar-refractivity contribution in [1.29, 1.82) is 0 Å². The number of furan rings is 1. The van der Waals surface area contributed by atoms with Crippen LogP contribution in [0.2, 0.25) is 0 Å². The zero-order valence-corrected chi connectivity index (χ0v) is 13.3. The van der Waals surface area contributed by atoms with Gasteiger partial charge in [-0.2, -0.15) is 0 Å². The molecule has 20 heavy (non-hydrogen) atoms. The molecule has 0 atom stereocenters. The summed E-state index contributed by atoms with van der Waals surface area (Å²) in [4.78, 5) is 0. The fourth-order valence-electron chi connectivity index (χ4n) is 2.26. The predicted molar refractivity (Wildman–Crippen MR) is 87.5 cm³/mol. The molecule has 0 saturated heterocycles. The molecule has 0 aliphatic carbocycles. The summed E-state index contributed by atoms with van der Waals surface area (Å²) in [5.74, 6) is 1.47. The molecule has 0 spiro atoms. The van der Waals surface area contributed by atoms with Crippen molar-refractivity contribution in [2.24, 2.45) is 0 Å². The lowest BCUT2D eigenvalue weighted by atomic mass is 10.0. The molecule has 3 nitrogen and oxygen atoms in total. The van der Waals surface area contributed by atoms with Crippen molar-refractivity contribution in [2.75, 3.05) is 14.2 Å². The first-order chi connectivity index (χ1) is 9.74. The van der Waals surface area contributed by atoms with Crippen molar-refractivity contribution in [1.82, 2.24) is 0 Å². The molecular formula is C16H13IO3. The van der Waals surface area contributed by atoms with E-state index in [4.69, 9.17) is 13.9 Å². The lowest BCUT2D eigenvalue weighted by molar-refractivity contribution is 0.397. The van der Waals surface area contributed by atoms with Crippen molar-refractivity contribution >= 4 is 33.6 Å². The Morgan fingerprint density at radius 3 is 2.50 bits per heavy atom. The van der Waals surface area contributed by atoms with Crippen LogP contribution in [0, 0.1) is 3.57 Å². The van der Waals surface area contributed by atoms with Crippen LogP contribution in [0.1, 0.15) is 0 Å². The largest absolute Gasteiger partial charge is 0.496 e. The Morgan fingerprint density at radius 2 is 1.80 bits per heavy atom. The topological polar surface area (TPSA) is 31.6 Å². The third kappa shape index (κ3) is 2.14. The lowest BCUT2D eigenvalue weighted by Crippen LogP contribution is -1.89. The van der Waals surface area contributed by atoms with E-state index in [0.717, 1.165) is 33.6 Å². The maximum Gasteiger partial charge on any atom is 0.141 e. The molecule has 0 fully saturated rings. The van der Waals surface area contributed by atoms with Gasteiger partial charge >= 0.3 is 0 Å². The Hall–Kier alpha value is -1.69. The van der Waals surface area contributed by atoms with Gasteiger partial charge < -0.3 is 13.9 Å². The first kappa shape index (κ1) is 13.3. The molecule has 0 radical (unpaired) electrons. The molecule has 0 amide bonds. The van der Waals surface area contributed by atoms with Crippen LogP contribution in [0.25, 0.3) is 22.1 Å². The molecule has 1 heterocycles. The van der Waals surface area contributed by atoms with Crippen LogP contribution in [0.3, 0.4) is 0 Å². The molecule has 3 aromatic rings. The van der Waals surface area contributed by atoms with Gasteiger partial charge in [-0.05, 0) is 34.2 Å². The predicted octanol–water partition coefficient (Wildman–Crippen LogP) is 4.72.